The molecule has 4 N–H and O–H groups in total. The van der Waals surface area contributed by atoms with Crippen LogP contribution in [0.5, 0.6) is 0 Å². The fourth-order valence-corrected chi connectivity index (χ4v) is 3.99. The first-order valence-corrected chi connectivity index (χ1v) is 8.90. The Balaban J connectivity index is 2.01. The molecule has 0 radical (unpaired) electrons. The summed E-state index contributed by atoms with van der Waals surface area (Å²) < 4.78 is 0. The maximum atomic E-state index is 12.9. The summed E-state index contributed by atoms with van der Waals surface area (Å²) in [4.78, 5) is 25.9. The molecule has 1 aliphatic rings. The molecule has 132 valence electrons. The van der Waals surface area contributed by atoms with Crippen LogP contribution in [0.15, 0.2) is 42.5 Å². The lowest BCUT2D eigenvalue weighted by Crippen LogP contribution is -2.16. The Morgan fingerprint density at radius 3 is 2.56 bits per heavy atom. The Hall–Kier alpha value is -3.54. The van der Waals surface area contributed by atoms with Gasteiger partial charge < -0.3 is 11.5 Å². The molecule has 5 rings (SSSR count). The van der Waals surface area contributed by atoms with Gasteiger partial charge in [0.25, 0.3) is 0 Å². The topological polar surface area (TPSA) is 108 Å². The zero-order valence-corrected chi connectivity index (χ0v) is 14.6. The third kappa shape index (κ3) is 2.33. The number of hydrogen-bond acceptors (Lipinski definition) is 6. The average molecular weight is 355 g/mol. The number of rotatable bonds is 1. The molecule has 4 aromatic rings. The average Bonchev–Trinajstić information content (AvgIpc) is 2.66. The van der Waals surface area contributed by atoms with Gasteiger partial charge in [0.15, 0.2) is 11.4 Å². The number of aromatic nitrogens is 3. The van der Waals surface area contributed by atoms with Gasteiger partial charge in [-0.05, 0) is 29.2 Å². The van der Waals surface area contributed by atoms with E-state index in [4.69, 9.17) is 11.5 Å². The summed E-state index contributed by atoms with van der Waals surface area (Å²) in [6.07, 6.45) is 2.03. The first kappa shape index (κ1) is 15.7. The molecule has 0 aliphatic heterocycles. The number of ketones is 1. The van der Waals surface area contributed by atoms with E-state index in [9.17, 15) is 4.79 Å². The van der Waals surface area contributed by atoms with Crippen LogP contribution in [0.2, 0.25) is 0 Å². The van der Waals surface area contributed by atoms with E-state index >= 15 is 0 Å². The van der Waals surface area contributed by atoms with Gasteiger partial charge in [0.1, 0.15) is 5.82 Å². The minimum Gasteiger partial charge on any atom is -0.383 e. The van der Waals surface area contributed by atoms with E-state index in [1.807, 2.05) is 42.5 Å². The van der Waals surface area contributed by atoms with Crippen LogP contribution in [-0.2, 0) is 6.42 Å². The number of pyridine rings is 1. The maximum Gasteiger partial charge on any atom is 0.224 e. The monoisotopic (exact) mass is 355 g/mol. The number of nitrogens with zero attached hydrogens (tertiary/aromatic N) is 3. The Bertz CT molecular complexity index is 1240. The molecule has 0 saturated heterocycles. The first-order valence-electron chi connectivity index (χ1n) is 8.90. The fraction of sp³-hybridized carbons (Fsp3) is 0.143. The highest BCUT2D eigenvalue weighted by molar-refractivity contribution is 6.16. The van der Waals surface area contributed by atoms with Crippen LogP contribution in [0.4, 0.5) is 11.8 Å². The molecule has 0 bridgehead atoms. The van der Waals surface area contributed by atoms with Crippen molar-refractivity contribution in [1.82, 2.24) is 15.0 Å². The van der Waals surface area contributed by atoms with E-state index in [2.05, 4.69) is 15.0 Å². The van der Waals surface area contributed by atoms with Crippen molar-refractivity contribution in [1.29, 1.82) is 0 Å². The van der Waals surface area contributed by atoms with Crippen molar-refractivity contribution in [3.63, 3.8) is 0 Å². The van der Waals surface area contributed by atoms with Gasteiger partial charge in [0.05, 0.1) is 11.1 Å². The number of fused-ring (bicyclic) bond motifs is 3. The molecule has 1 aliphatic carbocycles. The van der Waals surface area contributed by atoms with Gasteiger partial charge in [-0.1, -0.05) is 42.5 Å². The molecule has 0 fully saturated rings. The molecule has 0 unspecified atom stereocenters. The molecular formula is C21H17N5O. The summed E-state index contributed by atoms with van der Waals surface area (Å²) in [6.45, 7) is 0. The molecular weight excluding hydrogens is 338 g/mol. The number of anilines is 2. The van der Waals surface area contributed by atoms with E-state index in [-0.39, 0.29) is 17.5 Å². The number of aryl methyl sites for hydroxylation is 1. The van der Waals surface area contributed by atoms with Gasteiger partial charge in [-0.2, -0.15) is 9.97 Å². The van der Waals surface area contributed by atoms with Crippen LogP contribution < -0.4 is 11.5 Å². The quantitative estimate of drug-likeness (QED) is 0.541. The fourth-order valence-electron chi connectivity index (χ4n) is 3.99. The Kier molecular flexibility index (Phi) is 3.33. The molecule has 2 heterocycles. The third-order valence-corrected chi connectivity index (χ3v) is 5.12. The smallest absolute Gasteiger partial charge is 0.224 e. The lowest BCUT2D eigenvalue weighted by Gasteiger charge is -2.21. The second-order valence-corrected chi connectivity index (χ2v) is 6.78. The third-order valence-electron chi connectivity index (χ3n) is 5.12. The largest absolute Gasteiger partial charge is 0.383 e. The highest BCUT2D eigenvalue weighted by atomic mass is 16.1. The minimum atomic E-state index is 0.0819. The second kappa shape index (κ2) is 5.74. The van der Waals surface area contributed by atoms with Gasteiger partial charge in [0.2, 0.25) is 5.95 Å². The maximum absolute atomic E-state index is 12.9. The molecule has 0 atom stereocenters. The Morgan fingerprint density at radius 1 is 0.852 bits per heavy atom. The molecule has 6 nitrogen and oxygen atoms in total. The molecule has 2 aromatic carbocycles. The zero-order chi connectivity index (χ0) is 18.5. The second-order valence-electron chi connectivity index (χ2n) is 6.78. The van der Waals surface area contributed by atoms with E-state index in [0.717, 1.165) is 40.4 Å². The van der Waals surface area contributed by atoms with Crippen molar-refractivity contribution in [2.45, 2.75) is 19.3 Å². The predicted molar refractivity (Wildman–Crippen MR) is 106 cm³/mol. The SMILES string of the molecule is Nc1nc(N)c2c(-c3cccc4ccccc34)c3c(nc2n1)CCCC3=O. The van der Waals surface area contributed by atoms with Crippen LogP contribution in [0.25, 0.3) is 32.9 Å². The van der Waals surface area contributed by atoms with Crippen LogP contribution in [0, 0.1) is 0 Å². The number of carbonyl (C=O) groups excluding carboxylic acids is 1. The van der Waals surface area contributed by atoms with Gasteiger partial charge >= 0.3 is 0 Å². The number of hydrogen-bond donors (Lipinski definition) is 2. The lowest BCUT2D eigenvalue weighted by atomic mass is 9.85. The number of Topliss-reactive ketones (excluding diaryl/α,β-unsaturated/α-hetero) is 1. The molecule has 6 heteroatoms. The van der Waals surface area contributed by atoms with Crippen molar-refractivity contribution in [2.24, 2.45) is 0 Å². The van der Waals surface area contributed by atoms with Crippen LogP contribution in [0.3, 0.4) is 0 Å². The molecule has 0 amide bonds. The van der Waals surface area contributed by atoms with Crippen LogP contribution in [0.1, 0.15) is 28.9 Å². The van der Waals surface area contributed by atoms with Gasteiger partial charge in [-0.3, -0.25) is 4.79 Å². The normalized spacial score (nSPS) is 13.9. The standard InChI is InChI=1S/C21H17N5O/c22-19-18-16(13-8-3-6-11-5-1-2-7-12(11)13)17-14(9-4-10-15(17)27)24-20(18)26-21(23)25-19/h1-3,5-8H,4,9-10H2,(H4,22,23,24,25,26). The number of carbonyl (C=O) groups is 1. The van der Waals surface area contributed by atoms with Crippen molar-refractivity contribution in [3.05, 3.63) is 53.7 Å². The summed E-state index contributed by atoms with van der Waals surface area (Å²) in [7, 11) is 0. The summed E-state index contributed by atoms with van der Waals surface area (Å²) in [5.41, 5.74) is 15.6. The summed E-state index contributed by atoms with van der Waals surface area (Å²) in [6, 6.07) is 14.1. The lowest BCUT2D eigenvalue weighted by molar-refractivity contribution is 0.0972. The van der Waals surface area contributed by atoms with Gasteiger partial charge in [0, 0.05) is 17.5 Å². The van der Waals surface area contributed by atoms with Gasteiger partial charge in [-0.25, -0.2) is 4.98 Å². The summed E-state index contributed by atoms with van der Waals surface area (Å²) in [5.74, 6) is 0.414. The van der Waals surface area contributed by atoms with Gasteiger partial charge in [-0.15, -0.1) is 0 Å². The highest BCUT2D eigenvalue weighted by Gasteiger charge is 2.27. The summed E-state index contributed by atoms with van der Waals surface area (Å²) in [5, 5.41) is 2.73. The minimum absolute atomic E-state index is 0.0819. The summed E-state index contributed by atoms with van der Waals surface area (Å²) >= 11 is 0. The van der Waals surface area contributed by atoms with Crippen molar-refractivity contribution < 1.29 is 4.79 Å². The molecule has 0 spiro atoms. The Morgan fingerprint density at radius 2 is 1.67 bits per heavy atom. The van der Waals surface area contributed by atoms with Crippen molar-refractivity contribution >= 4 is 39.4 Å². The Labute approximate surface area is 155 Å². The van der Waals surface area contributed by atoms with E-state index in [0.29, 0.717) is 23.0 Å². The molecule has 2 aromatic heterocycles. The number of nitrogen functional groups attached to an aromatic ring is 2. The van der Waals surface area contributed by atoms with E-state index < -0.39 is 0 Å². The zero-order valence-electron chi connectivity index (χ0n) is 14.6. The number of nitrogens with two attached hydrogens (primary N) is 2. The molecule has 0 saturated carbocycles. The van der Waals surface area contributed by atoms with E-state index in [1.165, 1.54) is 0 Å². The predicted octanol–water partition coefficient (Wildman–Crippen LogP) is 3.53. The first-order chi connectivity index (χ1) is 13.1. The number of benzene rings is 2. The van der Waals surface area contributed by atoms with Crippen molar-refractivity contribution in [2.75, 3.05) is 11.5 Å². The highest BCUT2D eigenvalue weighted by Crippen LogP contribution is 2.40. The van der Waals surface area contributed by atoms with Crippen LogP contribution >= 0.6 is 0 Å². The van der Waals surface area contributed by atoms with Crippen LogP contribution in [-0.4, -0.2) is 20.7 Å². The van der Waals surface area contributed by atoms with E-state index in [1.54, 1.807) is 0 Å². The van der Waals surface area contributed by atoms with Crippen molar-refractivity contribution in [3.8, 4) is 11.1 Å². The molecule has 27 heavy (non-hydrogen) atoms.